The number of nitrogens with zero attached hydrogens (tertiary/aromatic N) is 2. The highest BCUT2D eigenvalue weighted by molar-refractivity contribution is 5.93. The van der Waals surface area contributed by atoms with Crippen LogP contribution in [-0.2, 0) is 9.53 Å². The summed E-state index contributed by atoms with van der Waals surface area (Å²) >= 11 is 0. The Morgan fingerprint density at radius 3 is 2.56 bits per heavy atom. The number of amides is 1. The lowest BCUT2D eigenvalue weighted by Gasteiger charge is -2.25. The Bertz CT molecular complexity index is 830. The number of benzene rings is 1. The van der Waals surface area contributed by atoms with Crippen LogP contribution in [0.5, 0.6) is 5.75 Å². The Hall–Kier alpha value is -2.57. The van der Waals surface area contributed by atoms with Crippen molar-refractivity contribution >= 4 is 29.0 Å². The van der Waals surface area contributed by atoms with E-state index in [1.807, 2.05) is 43.8 Å². The van der Waals surface area contributed by atoms with E-state index in [1.54, 1.807) is 7.11 Å². The summed E-state index contributed by atoms with van der Waals surface area (Å²) < 4.78 is 12.7. The van der Waals surface area contributed by atoms with E-state index in [1.165, 1.54) is 0 Å². The number of ether oxygens (including phenoxy) is 2. The number of anilines is 1. The Kier molecular flexibility index (Phi) is 5.39. The molecule has 2 aromatic rings. The topological polar surface area (TPSA) is 82.5 Å². The number of aldehydes is 1. The highest BCUT2D eigenvalue weighted by atomic mass is 16.6. The van der Waals surface area contributed by atoms with Crippen molar-refractivity contribution in [3.05, 3.63) is 18.3 Å². The smallest absolute Gasteiger partial charge is 0.412 e. The van der Waals surface area contributed by atoms with Crippen molar-refractivity contribution in [3.8, 4) is 5.75 Å². The molecule has 1 aliphatic rings. The number of methoxy groups -OCH3 is 1. The molecule has 0 atom stereocenters. The van der Waals surface area contributed by atoms with Gasteiger partial charge in [-0.25, -0.2) is 4.79 Å². The first-order chi connectivity index (χ1) is 12.8. The fourth-order valence-electron chi connectivity index (χ4n) is 3.44. The van der Waals surface area contributed by atoms with Gasteiger partial charge in [-0.1, -0.05) is 0 Å². The van der Waals surface area contributed by atoms with Gasteiger partial charge in [-0.2, -0.15) is 5.10 Å². The Labute approximate surface area is 159 Å². The normalized spacial score (nSPS) is 20.3. The Morgan fingerprint density at radius 1 is 1.26 bits per heavy atom. The first-order valence-corrected chi connectivity index (χ1v) is 9.31. The maximum Gasteiger partial charge on any atom is 0.412 e. The summed E-state index contributed by atoms with van der Waals surface area (Å²) in [5.41, 5.74) is 0.773. The molecule has 1 saturated carbocycles. The van der Waals surface area contributed by atoms with Crippen molar-refractivity contribution in [1.29, 1.82) is 0 Å². The van der Waals surface area contributed by atoms with Crippen LogP contribution in [0.15, 0.2) is 18.3 Å². The number of nitrogens with one attached hydrogen (secondary N) is 1. The summed E-state index contributed by atoms with van der Waals surface area (Å²) in [5, 5.41) is 8.35. The van der Waals surface area contributed by atoms with E-state index in [-0.39, 0.29) is 5.92 Å². The molecular weight excluding hydrogens is 346 g/mol. The Morgan fingerprint density at radius 2 is 1.96 bits per heavy atom. The molecule has 0 bridgehead atoms. The molecule has 7 nitrogen and oxygen atoms in total. The third-order valence-electron chi connectivity index (χ3n) is 4.79. The van der Waals surface area contributed by atoms with Gasteiger partial charge >= 0.3 is 6.09 Å². The van der Waals surface area contributed by atoms with Gasteiger partial charge < -0.3 is 14.3 Å². The van der Waals surface area contributed by atoms with Crippen LogP contribution in [-0.4, -0.2) is 34.9 Å². The van der Waals surface area contributed by atoms with Gasteiger partial charge in [0.05, 0.1) is 24.4 Å². The third kappa shape index (κ3) is 4.59. The van der Waals surface area contributed by atoms with Crippen LogP contribution in [0.25, 0.3) is 10.9 Å². The van der Waals surface area contributed by atoms with Gasteiger partial charge in [0.15, 0.2) is 0 Å². The minimum absolute atomic E-state index is 0.177. The second kappa shape index (κ2) is 7.58. The molecule has 146 valence electrons. The van der Waals surface area contributed by atoms with Crippen molar-refractivity contribution < 1.29 is 19.1 Å². The first-order valence-electron chi connectivity index (χ1n) is 9.31. The summed E-state index contributed by atoms with van der Waals surface area (Å²) in [6.07, 6.45) is 6.21. The molecule has 7 heteroatoms. The molecule has 1 aliphatic carbocycles. The van der Waals surface area contributed by atoms with Crippen molar-refractivity contribution in [2.24, 2.45) is 5.92 Å². The molecule has 3 rings (SSSR count). The Balaban J connectivity index is 1.82. The summed E-state index contributed by atoms with van der Waals surface area (Å²) in [5.74, 6) is 0.708. The monoisotopic (exact) mass is 373 g/mol. The van der Waals surface area contributed by atoms with Gasteiger partial charge in [0.2, 0.25) is 0 Å². The fourth-order valence-corrected chi connectivity index (χ4v) is 3.44. The van der Waals surface area contributed by atoms with E-state index >= 15 is 0 Å². The molecule has 0 spiro atoms. The number of aromatic nitrogens is 2. The lowest BCUT2D eigenvalue weighted by atomic mass is 9.87. The molecule has 1 heterocycles. The van der Waals surface area contributed by atoms with E-state index in [0.717, 1.165) is 42.9 Å². The van der Waals surface area contributed by atoms with Crippen molar-refractivity contribution in [3.63, 3.8) is 0 Å². The average Bonchev–Trinajstić information content (AvgIpc) is 3.02. The number of fused-ring (bicyclic) bond motifs is 1. The zero-order valence-corrected chi connectivity index (χ0v) is 16.3. The van der Waals surface area contributed by atoms with Crippen molar-refractivity contribution in [2.45, 2.75) is 58.1 Å². The van der Waals surface area contributed by atoms with E-state index in [2.05, 4.69) is 10.4 Å². The molecule has 1 aromatic heterocycles. The summed E-state index contributed by atoms with van der Waals surface area (Å²) in [6.45, 7) is 5.45. The molecule has 27 heavy (non-hydrogen) atoms. The zero-order valence-electron chi connectivity index (χ0n) is 16.3. The molecule has 1 aromatic carbocycles. The standard InChI is InChI=1S/C20H27N3O4/c1-20(2,3)27-19(25)21-17-9-14-11-23(22-16(14)10-18(17)26-4)15-7-5-13(12-24)6-8-15/h9-13,15H,5-8H2,1-4H3,(H,21,25)/t13-,15-. The summed E-state index contributed by atoms with van der Waals surface area (Å²) in [4.78, 5) is 23.1. The van der Waals surface area contributed by atoms with Gasteiger partial charge in [0.25, 0.3) is 0 Å². The lowest BCUT2D eigenvalue weighted by molar-refractivity contribution is -0.112. The zero-order chi connectivity index (χ0) is 19.6. The summed E-state index contributed by atoms with van der Waals surface area (Å²) in [6, 6.07) is 3.95. The highest BCUT2D eigenvalue weighted by Gasteiger charge is 2.23. The van der Waals surface area contributed by atoms with E-state index in [4.69, 9.17) is 9.47 Å². The predicted molar refractivity (Wildman–Crippen MR) is 103 cm³/mol. The SMILES string of the molecule is COc1cc2nn([C@H]3CC[C@H](C=O)CC3)cc2cc1NC(=O)OC(C)(C)C. The number of hydrogen-bond donors (Lipinski definition) is 1. The predicted octanol–water partition coefficient (Wildman–Crippen LogP) is 4.32. The van der Waals surface area contributed by atoms with E-state index in [9.17, 15) is 9.59 Å². The second-order valence-corrected chi connectivity index (χ2v) is 8.05. The van der Waals surface area contributed by atoms with E-state index in [0.29, 0.717) is 17.5 Å². The van der Waals surface area contributed by atoms with Gasteiger partial charge in [0.1, 0.15) is 17.6 Å². The van der Waals surface area contributed by atoms with Crippen LogP contribution < -0.4 is 10.1 Å². The lowest BCUT2D eigenvalue weighted by Crippen LogP contribution is -2.27. The second-order valence-electron chi connectivity index (χ2n) is 8.05. The van der Waals surface area contributed by atoms with Crippen LogP contribution >= 0.6 is 0 Å². The van der Waals surface area contributed by atoms with Gasteiger partial charge in [-0.05, 0) is 52.5 Å². The molecule has 0 aliphatic heterocycles. The fraction of sp³-hybridized carbons (Fsp3) is 0.550. The van der Waals surface area contributed by atoms with Crippen LogP contribution in [0.3, 0.4) is 0 Å². The molecule has 1 N–H and O–H groups in total. The van der Waals surface area contributed by atoms with Crippen LogP contribution in [0.1, 0.15) is 52.5 Å². The highest BCUT2D eigenvalue weighted by Crippen LogP contribution is 2.34. The quantitative estimate of drug-likeness (QED) is 0.807. The molecule has 0 unspecified atom stereocenters. The number of rotatable bonds is 4. The molecular formula is C20H27N3O4. The van der Waals surface area contributed by atoms with Gasteiger partial charge in [-0.15, -0.1) is 0 Å². The van der Waals surface area contributed by atoms with Crippen molar-refractivity contribution in [1.82, 2.24) is 9.78 Å². The third-order valence-corrected chi connectivity index (χ3v) is 4.79. The molecule has 0 saturated heterocycles. The van der Waals surface area contributed by atoms with E-state index < -0.39 is 11.7 Å². The van der Waals surface area contributed by atoms with Gasteiger partial charge in [0, 0.05) is 23.6 Å². The van der Waals surface area contributed by atoms with Crippen molar-refractivity contribution in [2.75, 3.05) is 12.4 Å². The first kappa shape index (κ1) is 19.2. The molecule has 1 fully saturated rings. The number of carbonyl (C=O) groups is 2. The van der Waals surface area contributed by atoms with Crippen LogP contribution in [0.2, 0.25) is 0 Å². The summed E-state index contributed by atoms with van der Waals surface area (Å²) in [7, 11) is 1.55. The number of hydrogen-bond acceptors (Lipinski definition) is 5. The maximum absolute atomic E-state index is 12.1. The molecule has 0 radical (unpaired) electrons. The minimum atomic E-state index is -0.577. The average molecular weight is 373 g/mol. The molecule has 1 amide bonds. The van der Waals surface area contributed by atoms with Gasteiger partial charge in [-0.3, -0.25) is 10.00 Å². The minimum Gasteiger partial charge on any atom is -0.494 e. The number of carbonyl (C=O) groups excluding carboxylic acids is 2. The largest absolute Gasteiger partial charge is 0.494 e. The maximum atomic E-state index is 12.1. The van der Waals surface area contributed by atoms with Crippen LogP contribution in [0, 0.1) is 5.92 Å². The van der Waals surface area contributed by atoms with Crippen LogP contribution in [0.4, 0.5) is 10.5 Å².